The van der Waals surface area contributed by atoms with Crippen LogP contribution in [0.5, 0.6) is 0 Å². The Hall–Kier alpha value is -5.95. The molecule has 0 aliphatic heterocycles. The van der Waals surface area contributed by atoms with Crippen molar-refractivity contribution in [1.29, 1.82) is 0 Å². The number of amides is 4. The van der Waals surface area contributed by atoms with Gasteiger partial charge in [-0.3, -0.25) is 33.6 Å². The van der Waals surface area contributed by atoms with Gasteiger partial charge >= 0.3 is 11.9 Å². The summed E-state index contributed by atoms with van der Waals surface area (Å²) in [6.45, 7) is 55.6. The molecule has 18 rings (SSSR count). The van der Waals surface area contributed by atoms with Crippen molar-refractivity contribution in [2.75, 3.05) is 13.2 Å². The highest BCUT2D eigenvalue weighted by molar-refractivity contribution is 5.75. The number of aldehydes is 2. The molecule has 18 aliphatic carbocycles. The number of carboxylic acids is 1. The number of aliphatic hydroxyl groups is 6. The fourth-order valence-electron chi connectivity index (χ4n) is 36.4. The number of carbonyl (C=O) groups excluding carboxylic acids is 8. The quantitative estimate of drug-likeness (QED) is 0.0490. The Bertz CT molecular complexity index is 4480. The standard InChI is InChI=1S/C26H39NO5.C22H35NO3.C22H37NO3.C22H33NO3.C20H33NO2.C2H4O2.5CH4/c1-14-7-8-19-22-20(10-12-25(14,19)5)26(6)11-9-18(27-15(2)28)13-21(26)23(31-16(3)29)24(22)32-17(4)30;1-12-5-6-15-18-16(8-10-21(12,15)3)22(4)9-7-14(23-13(2)24)11-17(22)19(25)20(18)26;2*1-14-5-6-19-18(13-25)20(8-10-21(14,19)3)22(4)9-7-17(23-15(2)26)11-16(22)12-24;1-11-4-5-13-16-14(7-9-19(11,13)2)20(3)8-6-12(21)10-15(20)17(22)18(16)23;1-2(3)4;;;;;/h18-24H,1,7-13H2,2-6H3,(H,27,28);14-20,25-26H,1,5-11H2,2-4H3,(H,23,24);16-20,24-25H,1,5-13H2,2-4H3,(H,23,26);12-13,16-20H,1,5-11H2,2-4H3,(H,23,26);12-18,22-23H,1,4-10,21H2,2-3H3;1H3,(H,3,4);5*1H4/t18-,19-,20-,21+,22?,23+,24?,25+,26+;14-,15-,16-,17+,18?,19+,20+,21+,22+;2*16-,17+,18+,19+,20+,21-,22+;12-,13-,14-,15+,16?,17+,18+,19+,20+;;;;;;/m00110....../s1. The lowest BCUT2D eigenvalue weighted by Crippen LogP contribution is -2.66. The third kappa shape index (κ3) is 22.2. The van der Waals surface area contributed by atoms with Crippen LogP contribution in [0, 0.1) is 173 Å². The molecule has 810 valence electrons. The molecule has 0 bridgehead atoms. The first kappa shape index (κ1) is 121. The average molecular weight is 1990 g/mol. The summed E-state index contributed by atoms with van der Waals surface area (Å²) >= 11 is 0. The van der Waals surface area contributed by atoms with Crippen LogP contribution < -0.4 is 27.0 Å². The fourth-order valence-corrected chi connectivity index (χ4v) is 36.4. The Kier molecular flexibility index (Phi) is 39.8. The molecule has 0 saturated heterocycles. The first-order valence-electron chi connectivity index (χ1n) is 53.8. The maximum atomic E-state index is 12.3. The van der Waals surface area contributed by atoms with Gasteiger partial charge in [-0.25, -0.2) is 0 Å². The van der Waals surface area contributed by atoms with Gasteiger partial charge in [0.25, 0.3) is 5.97 Å². The molecule has 13 N–H and O–H groups in total. The van der Waals surface area contributed by atoms with E-state index in [1.165, 1.54) is 67.8 Å². The van der Waals surface area contributed by atoms with E-state index in [0.29, 0.717) is 65.6 Å². The smallest absolute Gasteiger partial charge is 0.303 e. The molecule has 18 aliphatic rings. The van der Waals surface area contributed by atoms with E-state index in [9.17, 15) is 69.0 Å². The number of carbonyl (C=O) groups is 9. The van der Waals surface area contributed by atoms with Gasteiger partial charge in [-0.1, -0.05) is 167 Å². The highest BCUT2D eigenvalue weighted by Gasteiger charge is 2.70. The normalized spacial score (nSPS) is 46.5. The number of esters is 2. The number of nitrogens with one attached hydrogen (secondary N) is 4. The number of allylic oxidation sites excluding steroid dienone is 5. The summed E-state index contributed by atoms with van der Waals surface area (Å²) in [5, 5.41) is 84.3. The average Bonchev–Trinajstić information content (AvgIpc) is 1.26. The molecule has 4 amide bonds. The van der Waals surface area contributed by atoms with Crippen molar-refractivity contribution in [3.05, 3.63) is 60.8 Å². The van der Waals surface area contributed by atoms with E-state index in [4.69, 9.17) is 25.1 Å². The SMILES string of the molecule is C.C.C.C.C.C=C1CC[C@H]2C3C(OC(C)=O)[C@H](OC(C)=O)[C@H]4C[C@@H](NC(C)=O)CC[C@]4(C)[C@H]3CC[C@]12C.C=C1CC[C@H]2C3[C@@H](O)[C@H](O)[C@H]4C[C@@H](N)CC[C@]4(C)[C@H]3CC[C@]12C.C=C1CC[C@H]2C3[C@@H](O)[C@H](O)[C@H]4C[C@@H](NC(C)=O)CC[C@]4(C)[C@H]3CC[C@]12C.C=C1CC[C@H]2[C@H](C=O)[C@@H]([C@@]3(C)CC[C@H](NC(C)=O)C[C@@H]3C=O)CC[C@]12C.C=C1CC[C@H]2[C@H](CO)[C@@H]([C@@]3(C)CC[C@H](NC(C)=O)C[C@@H]3CO)CC[C@]12C.CC(=O)O. The van der Waals surface area contributed by atoms with Crippen LogP contribution in [0.3, 0.4) is 0 Å². The number of hydrogen-bond acceptors (Lipinski definition) is 18. The van der Waals surface area contributed by atoms with Crippen molar-refractivity contribution in [2.45, 2.75) is 446 Å². The fraction of sp³-hybridized carbons (Fsp3) is 0.840. The van der Waals surface area contributed by atoms with Crippen LogP contribution in [0.25, 0.3) is 0 Å². The molecular formula is C119H201N5O18. The van der Waals surface area contributed by atoms with Gasteiger partial charge < -0.3 is 81.8 Å². The molecule has 0 heterocycles. The lowest BCUT2D eigenvalue weighted by molar-refractivity contribution is -0.233. The van der Waals surface area contributed by atoms with Crippen molar-refractivity contribution >= 4 is 54.1 Å². The van der Waals surface area contributed by atoms with E-state index in [1.807, 2.05) is 0 Å². The van der Waals surface area contributed by atoms with E-state index in [2.05, 4.69) is 123 Å². The monoisotopic (exact) mass is 1990 g/mol. The molecule has 0 aromatic rings. The van der Waals surface area contributed by atoms with Crippen molar-refractivity contribution in [1.82, 2.24) is 21.3 Å². The minimum atomic E-state index is -0.833. The molecule has 23 nitrogen and oxygen atoms in total. The van der Waals surface area contributed by atoms with Crippen molar-refractivity contribution in [2.24, 2.45) is 178 Å². The summed E-state index contributed by atoms with van der Waals surface area (Å²) in [6.07, 6.45) is 34.5. The summed E-state index contributed by atoms with van der Waals surface area (Å²) in [5.74, 6) is 3.94. The molecule has 0 aromatic carbocycles. The third-order valence-electron chi connectivity index (χ3n) is 44.4. The van der Waals surface area contributed by atoms with Gasteiger partial charge in [0.1, 0.15) is 24.8 Å². The zero-order valence-electron chi connectivity index (χ0n) is 86.9. The highest BCUT2D eigenvalue weighted by Crippen LogP contribution is 2.73. The molecule has 142 heavy (non-hydrogen) atoms. The maximum absolute atomic E-state index is 12.3. The van der Waals surface area contributed by atoms with Crippen LogP contribution >= 0.6 is 0 Å². The van der Waals surface area contributed by atoms with E-state index in [0.717, 1.165) is 219 Å². The van der Waals surface area contributed by atoms with Crippen LogP contribution in [0.4, 0.5) is 0 Å². The molecule has 41 atom stereocenters. The Labute approximate surface area is 857 Å². The van der Waals surface area contributed by atoms with Gasteiger partial charge in [-0.05, 0) is 374 Å². The molecular weight excluding hydrogens is 1790 g/mol. The van der Waals surface area contributed by atoms with Crippen LogP contribution in [0.15, 0.2) is 60.8 Å². The van der Waals surface area contributed by atoms with E-state index in [1.54, 1.807) is 20.8 Å². The summed E-state index contributed by atoms with van der Waals surface area (Å²) in [4.78, 5) is 104. The Morgan fingerprint density at radius 1 is 0.338 bits per heavy atom. The maximum Gasteiger partial charge on any atom is 0.303 e. The van der Waals surface area contributed by atoms with Crippen LogP contribution in [0.1, 0.15) is 380 Å². The third-order valence-corrected chi connectivity index (χ3v) is 44.4. The summed E-state index contributed by atoms with van der Waals surface area (Å²) in [6, 6.07) is 0.616. The number of aliphatic carboxylic acids is 1. The predicted molar refractivity (Wildman–Crippen MR) is 565 cm³/mol. The number of hydrogen-bond donors (Lipinski definition) is 12. The van der Waals surface area contributed by atoms with Crippen molar-refractivity contribution in [3.8, 4) is 0 Å². The Balaban J connectivity index is 0.000000214. The molecule has 4 unspecified atom stereocenters. The van der Waals surface area contributed by atoms with E-state index < -0.39 is 42.6 Å². The number of aliphatic hydroxyl groups excluding tert-OH is 6. The van der Waals surface area contributed by atoms with Crippen molar-refractivity contribution in [3.63, 3.8) is 0 Å². The molecule has 23 heteroatoms. The zero-order valence-corrected chi connectivity index (χ0v) is 86.9. The minimum absolute atomic E-state index is 0. The second kappa shape index (κ2) is 46.7. The van der Waals surface area contributed by atoms with Gasteiger partial charge in [0.15, 0.2) is 0 Å². The van der Waals surface area contributed by atoms with Gasteiger partial charge in [-0.2, -0.15) is 0 Å². The minimum Gasteiger partial charge on any atom is -0.481 e. The van der Waals surface area contributed by atoms with Gasteiger partial charge in [-0.15, -0.1) is 0 Å². The number of ether oxygens (including phenoxy) is 2. The Morgan fingerprint density at radius 2 is 0.648 bits per heavy atom. The van der Waals surface area contributed by atoms with Crippen LogP contribution in [-0.4, -0.2) is 170 Å². The van der Waals surface area contributed by atoms with Crippen LogP contribution in [0.2, 0.25) is 0 Å². The molecule has 0 aromatic heterocycles. The highest BCUT2D eigenvalue weighted by atomic mass is 16.6. The second-order valence-corrected chi connectivity index (χ2v) is 50.7. The molecule has 0 radical (unpaired) electrons. The zero-order chi connectivity index (χ0) is 101. The number of carboxylic acid groups (broad SMARTS) is 1. The largest absolute Gasteiger partial charge is 0.481 e. The summed E-state index contributed by atoms with van der Waals surface area (Å²) < 4.78 is 12.0. The first-order chi connectivity index (χ1) is 64.2. The van der Waals surface area contributed by atoms with Crippen LogP contribution in [-0.2, 0) is 52.6 Å². The summed E-state index contributed by atoms with van der Waals surface area (Å²) in [7, 11) is 0. The van der Waals surface area contributed by atoms with E-state index >= 15 is 0 Å². The predicted octanol–water partition coefficient (Wildman–Crippen LogP) is 20.3. The number of fused-ring (bicyclic) bond motifs is 17. The molecule has 0 spiro atoms. The number of nitrogens with two attached hydrogens (primary N) is 1. The van der Waals surface area contributed by atoms with Crippen molar-refractivity contribution < 1.29 is 88.4 Å². The summed E-state index contributed by atoms with van der Waals surface area (Å²) in [5.41, 5.74) is 13.6. The van der Waals surface area contributed by atoms with Gasteiger partial charge in [0, 0.05) is 116 Å². The topological polar surface area (TPSA) is 388 Å². The molecule has 18 saturated carbocycles. The van der Waals surface area contributed by atoms with Gasteiger partial charge in [0.2, 0.25) is 23.6 Å². The Morgan fingerprint density at radius 3 is 1.04 bits per heavy atom. The van der Waals surface area contributed by atoms with E-state index in [-0.39, 0.29) is 229 Å². The lowest BCUT2D eigenvalue weighted by Gasteiger charge is -2.64. The lowest BCUT2D eigenvalue weighted by atomic mass is 9.43. The molecule has 18 fully saturated rings. The van der Waals surface area contributed by atoms with Gasteiger partial charge in [0.05, 0.1) is 24.4 Å². The second-order valence-electron chi connectivity index (χ2n) is 50.7. The number of rotatable bonds is 12. The first-order valence-corrected chi connectivity index (χ1v) is 53.8.